The topological polar surface area (TPSA) is 44.6 Å². The molecule has 0 aliphatic rings. The van der Waals surface area contributed by atoms with Crippen LogP contribution in [0, 0.1) is 5.41 Å². The SMILES string of the molecule is CC(C)(C)CO/C([O-])=C/N=C(c1ccccc1)c1ccccc1. The van der Waals surface area contributed by atoms with Crippen LogP contribution < -0.4 is 5.11 Å². The first-order valence-corrected chi connectivity index (χ1v) is 7.64. The van der Waals surface area contributed by atoms with E-state index in [0.717, 1.165) is 16.8 Å². The molecule has 2 aromatic carbocycles. The van der Waals surface area contributed by atoms with Crippen LogP contribution in [0.15, 0.2) is 77.8 Å². The van der Waals surface area contributed by atoms with E-state index < -0.39 is 5.95 Å². The molecule has 0 saturated carbocycles. The molecule has 0 aromatic heterocycles. The van der Waals surface area contributed by atoms with E-state index in [9.17, 15) is 5.11 Å². The molecule has 120 valence electrons. The number of benzene rings is 2. The first-order chi connectivity index (χ1) is 11.0. The highest BCUT2D eigenvalue weighted by Gasteiger charge is 2.07. The van der Waals surface area contributed by atoms with Gasteiger partial charge in [-0.05, 0) is 12.0 Å². The number of rotatable bonds is 5. The molecular weight excluding hydrogens is 286 g/mol. The predicted molar refractivity (Wildman–Crippen MR) is 92.0 cm³/mol. The molecule has 0 bridgehead atoms. The standard InChI is InChI=1S/C20H23NO2/c1-20(2,3)15-23-18(22)14-21-19(16-10-6-4-7-11-16)17-12-8-5-9-13-17/h4-14,22H,15H2,1-3H3/p-1/b18-14+. The maximum Gasteiger partial charge on any atom is 0.0774 e. The lowest BCUT2D eigenvalue weighted by atomic mass is 9.99. The van der Waals surface area contributed by atoms with Gasteiger partial charge in [0.15, 0.2) is 0 Å². The molecule has 3 heteroatoms. The van der Waals surface area contributed by atoms with Gasteiger partial charge in [-0.25, -0.2) is 0 Å². The van der Waals surface area contributed by atoms with Crippen molar-refractivity contribution in [2.45, 2.75) is 20.8 Å². The largest absolute Gasteiger partial charge is 0.612 e. The van der Waals surface area contributed by atoms with Crippen LogP contribution in [0.4, 0.5) is 0 Å². The summed E-state index contributed by atoms with van der Waals surface area (Å²) in [6, 6.07) is 19.6. The summed E-state index contributed by atoms with van der Waals surface area (Å²) in [5.74, 6) is -0.427. The smallest absolute Gasteiger partial charge is 0.0774 e. The Hall–Kier alpha value is -2.55. The molecule has 0 saturated heterocycles. The zero-order valence-corrected chi connectivity index (χ0v) is 13.8. The summed E-state index contributed by atoms with van der Waals surface area (Å²) in [7, 11) is 0. The number of aliphatic imine (C=N–C) groups is 1. The molecule has 2 aromatic rings. The summed E-state index contributed by atoms with van der Waals surface area (Å²) in [5, 5.41) is 11.9. The molecule has 0 amide bonds. The lowest BCUT2D eigenvalue weighted by Gasteiger charge is -2.25. The third-order valence-corrected chi connectivity index (χ3v) is 3.04. The Morgan fingerprint density at radius 1 is 0.957 bits per heavy atom. The normalized spacial score (nSPS) is 11.9. The van der Waals surface area contributed by atoms with Gasteiger partial charge in [-0.2, -0.15) is 0 Å². The summed E-state index contributed by atoms with van der Waals surface area (Å²) in [6.45, 7) is 6.42. The minimum atomic E-state index is -0.427. The Morgan fingerprint density at radius 3 is 1.87 bits per heavy atom. The van der Waals surface area contributed by atoms with E-state index in [1.165, 1.54) is 6.20 Å². The zero-order chi connectivity index (χ0) is 16.7. The van der Waals surface area contributed by atoms with Crippen molar-refractivity contribution in [2.75, 3.05) is 6.61 Å². The Balaban J connectivity index is 2.28. The van der Waals surface area contributed by atoms with Crippen molar-refractivity contribution in [3.63, 3.8) is 0 Å². The van der Waals surface area contributed by atoms with Crippen molar-refractivity contribution in [3.05, 3.63) is 83.9 Å². The summed E-state index contributed by atoms with van der Waals surface area (Å²) < 4.78 is 5.23. The lowest BCUT2D eigenvalue weighted by Crippen LogP contribution is -2.18. The minimum Gasteiger partial charge on any atom is -0.612 e. The maximum atomic E-state index is 11.9. The molecule has 0 atom stereocenters. The minimum absolute atomic E-state index is 0.0606. The fourth-order valence-corrected chi connectivity index (χ4v) is 1.95. The van der Waals surface area contributed by atoms with E-state index in [4.69, 9.17) is 4.74 Å². The Bertz CT molecular complexity index is 626. The molecule has 0 fully saturated rings. The van der Waals surface area contributed by atoms with Crippen LogP contribution in [0.2, 0.25) is 0 Å². The molecule has 0 aliphatic heterocycles. The van der Waals surface area contributed by atoms with Gasteiger partial charge in [0.05, 0.1) is 11.7 Å². The highest BCUT2D eigenvalue weighted by atomic mass is 16.6. The van der Waals surface area contributed by atoms with E-state index >= 15 is 0 Å². The second kappa shape index (κ2) is 7.63. The summed E-state index contributed by atoms with van der Waals surface area (Å²) >= 11 is 0. The van der Waals surface area contributed by atoms with Gasteiger partial charge in [-0.1, -0.05) is 81.4 Å². The molecule has 0 aliphatic carbocycles. The van der Waals surface area contributed by atoms with Gasteiger partial charge in [0.1, 0.15) is 0 Å². The van der Waals surface area contributed by atoms with Gasteiger partial charge in [-0.3, -0.25) is 4.99 Å². The van der Waals surface area contributed by atoms with Gasteiger partial charge >= 0.3 is 0 Å². The van der Waals surface area contributed by atoms with E-state index in [1.54, 1.807) is 0 Å². The van der Waals surface area contributed by atoms with Gasteiger partial charge < -0.3 is 9.84 Å². The molecular formula is C20H22NO2-. The Morgan fingerprint density at radius 2 is 1.43 bits per heavy atom. The number of hydrogen-bond donors (Lipinski definition) is 0. The summed E-state index contributed by atoms with van der Waals surface area (Å²) in [5.41, 5.74) is 2.60. The lowest BCUT2D eigenvalue weighted by molar-refractivity contribution is -0.359. The van der Waals surface area contributed by atoms with Crippen LogP contribution in [0.25, 0.3) is 0 Å². The van der Waals surface area contributed by atoms with Crippen molar-refractivity contribution in [3.8, 4) is 0 Å². The van der Waals surface area contributed by atoms with E-state index in [2.05, 4.69) is 4.99 Å². The highest BCUT2D eigenvalue weighted by Crippen LogP contribution is 2.15. The number of ether oxygens (including phenoxy) is 1. The average molecular weight is 308 g/mol. The molecule has 3 nitrogen and oxygen atoms in total. The van der Waals surface area contributed by atoms with Crippen molar-refractivity contribution in [1.29, 1.82) is 0 Å². The van der Waals surface area contributed by atoms with Gasteiger partial charge in [0.25, 0.3) is 0 Å². The summed E-state index contributed by atoms with van der Waals surface area (Å²) in [4.78, 5) is 4.38. The van der Waals surface area contributed by atoms with Crippen LogP contribution in [-0.2, 0) is 4.74 Å². The molecule has 0 heterocycles. The van der Waals surface area contributed by atoms with Crippen molar-refractivity contribution < 1.29 is 9.84 Å². The molecule has 0 unspecified atom stereocenters. The second-order valence-electron chi connectivity index (χ2n) is 6.51. The van der Waals surface area contributed by atoms with Gasteiger partial charge in [0, 0.05) is 17.3 Å². The maximum absolute atomic E-state index is 11.9. The first kappa shape index (κ1) is 16.8. The monoisotopic (exact) mass is 308 g/mol. The van der Waals surface area contributed by atoms with Crippen LogP contribution in [0.3, 0.4) is 0 Å². The quantitative estimate of drug-likeness (QED) is 0.624. The molecule has 23 heavy (non-hydrogen) atoms. The van der Waals surface area contributed by atoms with Crippen LogP contribution in [0.5, 0.6) is 0 Å². The second-order valence-corrected chi connectivity index (χ2v) is 6.51. The van der Waals surface area contributed by atoms with E-state index in [0.29, 0.717) is 6.61 Å². The van der Waals surface area contributed by atoms with Crippen molar-refractivity contribution >= 4 is 5.71 Å². The van der Waals surface area contributed by atoms with Crippen molar-refractivity contribution in [1.82, 2.24) is 0 Å². The first-order valence-electron chi connectivity index (χ1n) is 7.64. The van der Waals surface area contributed by atoms with Crippen LogP contribution in [0.1, 0.15) is 31.9 Å². The van der Waals surface area contributed by atoms with Crippen LogP contribution in [-0.4, -0.2) is 12.3 Å². The summed E-state index contributed by atoms with van der Waals surface area (Å²) in [6.07, 6.45) is 1.25. The molecule has 0 spiro atoms. The Labute approximate surface area is 138 Å². The van der Waals surface area contributed by atoms with E-state index in [-0.39, 0.29) is 5.41 Å². The number of nitrogens with zero attached hydrogens (tertiary/aromatic N) is 1. The third-order valence-electron chi connectivity index (χ3n) is 3.04. The van der Waals surface area contributed by atoms with Gasteiger partial charge in [0.2, 0.25) is 0 Å². The van der Waals surface area contributed by atoms with Crippen LogP contribution >= 0.6 is 0 Å². The molecule has 2 rings (SSSR count). The Kier molecular flexibility index (Phi) is 5.58. The average Bonchev–Trinajstić information content (AvgIpc) is 2.54. The molecule has 0 radical (unpaired) electrons. The van der Waals surface area contributed by atoms with E-state index in [1.807, 2.05) is 81.4 Å². The van der Waals surface area contributed by atoms with Gasteiger partial charge in [-0.15, -0.1) is 0 Å². The highest BCUT2D eigenvalue weighted by molar-refractivity contribution is 6.13. The predicted octanol–water partition coefficient (Wildman–Crippen LogP) is 3.75. The zero-order valence-electron chi connectivity index (χ0n) is 13.8. The fraction of sp³-hybridized carbons (Fsp3) is 0.250. The van der Waals surface area contributed by atoms with Crippen molar-refractivity contribution in [2.24, 2.45) is 10.4 Å². The number of hydrogen-bond acceptors (Lipinski definition) is 3. The fourth-order valence-electron chi connectivity index (χ4n) is 1.95. The molecule has 0 N–H and O–H groups in total. The third kappa shape index (κ3) is 5.62.